The average Bonchev–Trinajstić information content (AvgIpc) is 2.16. The van der Waals surface area contributed by atoms with Crippen molar-refractivity contribution in [2.24, 2.45) is 0 Å². The zero-order chi connectivity index (χ0) is 11.3. The molecular formula is C10H17ClN4. The Morgan fingerprint density at radius 3 is 2.73 bits per heavy atom. The van der Waals surface area contributed by atoms with Crippen molar-refractivity contribution in [1.82, 2.24) is 14.9 Å². The number of likely N-dealkylation sites (N-methyl/N-ethyl adjacent to an activating group) is 1. The third-order valence-corrected chi connectivity index (χ3v) is 2.15. The van der Waals surface area contributed by atoms with Crippen LogP contribution in [0.25, 0.3) is 0 Å². The first-order chi connectivity index (χ1) is 7.11. The Morgan fingerprint density at radius 2 is 2.13 bits per heavy atom. The summed E-state index contributed by atoms with van der Waals surface area (Å²) in [4.78, 5) is 10.5. The van der Waals surface area contributed by atoms with Crippen molar-refractivity contribution in [3.8, 4) is 0 Å². The molecule has 15 heavy (non-hydrogen) atoms. The fourth-order valence-electron chi connectivity index (χ4n) is 1.12. The first-order valence-corrected chi connectivity index (χ1v) is 5.41. The standard InChI is InChI=1S/C10H17ClN4/c1-4-8-7-9(11)14-10(13-8)12-5-6-15(2)3/h7H,4-6H2,1-3H3,(H,12,13,14). The number of nitrogens with zero attached hydrogens (tertiary/aromatic N) is 3. The summed E-state index contributed by atoms with van der Waals surface area (Å²) in [7, 11) is 4.05. The molecule has 1 aromatic rings. The number of hydrogen-bond acceptors (Lipinski definition) is 4. The van der Waals surface area contributed by atoms with Crippen molar-refractivity contribution in [2.45, 2.75) is 13.3 Å². The van der Waals surface area contributed by atoms with E-state index in [1.54, 1.807) is 6.07 Å². The number of halogens is 1. The minimum atomic E-state index is 0.495. The van der Waals surface area contributed by atoms with Gasteiger partial charge in [0.1, 0.15) is 5.15 Å². The molecule has 0 fully saturated rings. The zero-order valence-corrected chi connectivity index (χ0v) is 10.2. The van der Waals surface area contributed by atoms with Crippen molar-refractivity contribution >= 4 is 17.5 Å². The first-order valence-electron chi connectivity index (χ1n) is 5.04. The van der Waals surface area contributed by atoms with Gasteiger partial charge >= 0.3 is 0 Å². The molecule has 0 spiro atoms. The van der Waals surface area contributed by atoms with Crippen molar-refractivity contribution in [3.63, 3.8) is 0 Å². The normalized spacial score (nSPS) is 10.7. The van der Waals surface area contributed by atoms with E-state index in [2.05, 4.69) is 20.2 Å². The van der Waals surface area contributed by atoms with Gasteiger partial charge in [0.15, 0.2) is 0 Å². The van der Waals surface area contributed by atoms with Gasteiger partial charge in [-0.15, -0.1) is 0 Å². The minimum absolute atomic E-state index is 0.495. The monoisotopic (exact) mass is 228 g/mol. The van der Waals surface area contributed by atoms with Crippen LogP contribution in [-0.2, 0) is 6.42 Å². The summed E-state index contributed by atoms with van der Waals surface area (Å²) in [5, 5.41) is 3.64. The third-order valence-electron chi connectivity index (χ3n) is 1.95. The van der Waals surface area contributed by atoms with Crippen LogP contribution in [0.3, 0.4) is 0 Å². The molecule has 1 N–H and O–H groups in total. The molecule has 0 saturated carbocycles. The summed E-state index contributed by atoms with van der Waals surface area (Å²) in [6.45, 7) is 3.80. The molecule has 0 radical (unpaired) electrons. The molecule has 0 bridgehead atoms. The molecule has 0 amide bonds. The molecule has 1 heterocycles. The predicted molar refractivity (Wildman–Crippen MR) is 63.5 cm³/mol. The molecule has 1 aromatic heterocycles. The minimum Gasteiger partial charge on any atom is -0.353 e. The molecule has 0 atom stereocenters. The highest BCUT2D eigenvalue weighted by molar-refractivity contribution is 6.29. The van der Waals surface area contributed by atoms with Crippen LogP contribution in [0.1, 0.15) is 12.6 Å². The molecular weight excluding hydrogens is 212 g/mol. The molecule has 0 unspecified atom stereocenters. The van der Waals surface area contributed by atoms with Gasteiger partial charge in [0.05, 0.1) is 0 Å². The van der Waals surface area contributed by atoms with Gasteiger partial charge in [0.25, 0.3) is 0 Å². The number of hydrogen-bond donors (Lipinski definition) is 1. The van der Waals surface area contributed by atoms with Crippen LogP contribution in [0, 0.1) is 0 Å². The highest BCUT2D eigenvalue weighted by Crippen LogP contribution is 2.10. The SMILES string of the molecule is CCc1cc(Cl)nc(NCCN(C)C)n1. The van der Waals surface area contributed by atoms with E-state index in [1.807, 2.05) is 21.0 Å². The molecule has 4 nitrogen and oxygen atoms in total. The Kier molecular flexibility index (Phi) is 4.78. The second kappa shape index (κ2) is 5.88. The maximum Gasteiger partial charge on any atom is 0.224 e. The lowest BCUT2D eigenvalue weighted by atomic mass is 10.3. The van der Waals surface area contributed by atoms with Crippen molar-refractivity contribution in [3.05, 3.63) is 16.9 Å². The highest BCUT2D eigenvalue weighted by atomic mass is 35.5. The summed E-state index contributed by atoms with van der Waals surface area (Å²) in [6.07, 6.45) is 0.866. The fraction of sp³-hybridized carbons (Fsp3) is 0.600. The maximum absolute atomic E-state index is 5.87. The van der Waals surface area contributed by atoms with Gasteiger partial charge < -0.3 is 10.2 Å². The van der Waals surface area contributed by atoms with Crippen molar-refractivity contribution < 1.29 is 0 Å². The molecule has 0 aromatic carbocycles. The van der Waals surface area contributed by atoms with Crippen LogP contribution < -0.4 is 5.32 Å². The van der Waals surface area contributed by atoms with Crippen LogP contribution in [0.4, 0.5) is 5.95 Å². The quantitative estimate of drug-likeness (QED) is 0.779. The van der Waals surface area contributed by atoms with E-state index in [9.17, 15) is 0 Å². The summed E-state index contributed by atoms with van der Waals surface area (Å²) in [5.74, 6) is 0.612. The van der Waals surface area contributed by atoms with Gasteiger partial charge in [-0.2, -0.15) is 0 Å². The Hall–Kier alpha value is -0.870. The number of anilines is 1. The van der Waals surface area contributed by atoms with E-state index in [1.165, 1.54) is 0 Å². The second-order valence-corrected chi connectivity index (χ2v) is 3.98. The van der Waals surface area contributed by atoms with Crippen molar-refractivity contribution in [1.29, 1.82) is 0 Å². The molecule has 0 aliphatic carbocycles. The Morgan fingerprint density at radius 1 is 1.40 bits per heavy atom. The van der Waals surface area contributed by atoms with Crippen LogP contribution in [-0.4, -0.2) is 42.1 Å². The van der Waals surface area contributed by atoms with Crippen molar-refractivity contribution in [2.75, 3.05) is 32.5 Å². The Bertz CT molecular complexity index is 314. The van der Waals surface area contributed by atoms with Crippen LogP contribution in [0.15, 0.2) is 6.07 Å². The first kappa shape index (κ1) is 12.2. The largest absolute Gasteiger partial charge is 0.353 e. The van der Waals surface area contributed by atoms with Gasteiger partial charge in [-0.3, -0.25) is 0 Å². The number of nitrogens with one attached hydrogen (secondary N) is 1. The van der Waals surface area contributed by atoms with E-state index >= 15 is 0 Å². The molecule has 0 aliphatic rings. The van der Waals surface area contributed by atoms with E-state index in [0.717, 1.165) is 25.2 Å². The lowest BCUT2D eigenvalue weighted by Crippen LogP contribution is -2.21. The third kappa shape index (κ3) is 4.44. The van der Waals surface area contributed by atoms with E-state index in [0.29, 0.717) is 11.1 Å². The summed E-state index contributed by atoms with van der Waals surface area (Å²) < 4.78 is 0. The van der Waals surface area contributed by atoms with E-state index < -0.39 is 0 Å². The lowest BCUT2D eigenvalue weighted by molar-refractivity contribution is 0.425. The van der Waals surface area contributed by atoms with Gasteiger partial charge in [0.2, 0.25) is 5.95 Å². The number of rotatable bonds is 5. The van der Waals surface area contributed by atoms with Crippen LogP contribution in [0.5, 0.6) is 0 Å². The topological polar surface area (TPSA) is 41.1 Å². The molecule has 5 heteroatoms. The molecule has 1 rings (SSSR count). The second-order valence-electron chi connectivity index (χ2n) is 3.59. The molecule has 0 aliphatic heterocycles. The van der Waals surface area contributed by atoms with Gasteiger partial charge in [-0.25, -0.2) is 9.97 Å². The fourth-order valence-corrected chi connectivity index (χ4v) is 1.32. The van der Waals surface area contributed by atoms with Gasteiger partial charge in [-0.05, 0) is 26.6 Å². The number of aromatic nitrogens is 2. The summed E-state index contributed by atoms with van der Waals surface area (Å²) in [5.41, 5.74) is 0.961. The molecule has 0 saturated heterocycles. The predicted octanol–water partition coefficient (Wildman–Crippen LogP) is 1.67. The highest BCUT2D eigenvalue weighted by Gasteiger charge is 2.01. The van der Waals surface area contributed by atoms with E-state index in [-0.39, 0.29) is 0 Å². The van der Waals surface area contributed by atoms with Gasteiger partial charge in [0, 0.05) is 18.8 Å². The molecule has 84 valence electrons. The Balaban J connectivity index is 2.56. The van der Waals surface area contributed by atoms with E-state index in [4.69, 9.17) is 11.6 Å². The van der Waals surface area contributed by atoms with Crippen LogP contribution >= 0.6 is 11.6 Å². The lowest BCUT2D eigenvalue weighted by Gasteiger charge is -2.10. The van der Waals surface area contributed by atoms with Crippen LogP contribution in [0.2, 0.25) is 5.15 Å². The summed E-state index contributed by atoms with van der Waals surface area (Å²) >= 11 is 5.87. The smallest absolute Gasteiger partial charge is 0.224 e. The zero-order valence-electron chi connectivity index (χ0n) is 9.42. The maximum atomic E-state index is 5.87. The van der Waals surface area contributed by atoms with Gasteiger partial charge in [-0.1, -0.05) is 18.5 Å². The number of aryl methyl sites for hydroxylation is 1. The average molecular weight is 229 g/mol. The summed E-state index contributed by atoms with van der Waals surface area (Å²) in [6, 6.07) is 1.79. The Labute approximate surface area is 95.7 Å².